The van der Waals surface area contributed by atoms with Gasteiger partial charge in [-0.3, -0.25) is 4.79 Å². The Labute approximate surface area is 155 Å². The van der Waals surface area contributed by atoms with E-state index in [2.05, 4.69) is 0 Å². The summed E-state index contributed by atoms with van der Waals surface area (Å²) >= 11 is 6.27. The SMILES string of the molecule is COC(=O)c1cc(Cl)c(N2C(=O)[C@H]3C[C@H](OC)CCN3C2=O)cc1OC. The molecule has 2 fully saturated rings. The van der Waals surface area contributed by atoms with Crippen molar-refractivity contribution in [1.29, 1.82) is 0 Å². The van der Waals surface area contributed by atoms with E-state index in [4.69, 9.17) is 25.8 Å². The van der Waals surface area contributed by atoms with Crippen LogP contribution in [0.4, 0.5) is 10.5 Å². The zero-order valence-corrected chi connectivity index (χ0v) is 15.4. The molecule has 0 unspecified atom stereocenters. The largest absolute Gasteiger partial charge is 0.496 e. The summed E-state index contributed by atoms with van der Waals surface area (Å²) in [5, 5.41) is 0.0797. The van der Waals surface area contributed by atoms with Crippen LogP contribution < -0.4 is 9.64 Å². The number of urea groups is 1. The van der Waals surface area contributed by atoms with Gasteiger partial charge in [-0.05, 0) is 12.5 Å². The van der Waals surface area contributed by atoms with Gasteiger partial charge in [-0.2, -0.15) is 0 Å². The van der Waals surface area contributed by atoms with Crippen molar-refractivity contribution in [3.05, 3.63) is 22.7 Å². The number of piperidine rings is 1. The first kappa shape index (κ1) is 18.5. The van der Waals surface area contributed by atoms with Crippen LogP contribution in [0.3, 0.4) is 0 Å². The molecule has 2 atom stereocenters. The molecule has 0 radical (unpaired) electrons. The van der Waals surface area contributed by atoms with Gasteiger partial charge in [-0.15, -0.1) is 0 Å². The fourth-order valence-electron chi connectivity index (χ4n) is 3.36. The first-order chi connectivity index (χ1) is 12.4. The van der Waals surface area contributed by atoms with Gasteiger partial charge in [0, 0.05) is 26.1 Å². The Balaban J connectivity index is 2.00. The van der Waals surface area contributed by atoms with Crippen LogP contribution >= 0.6 is 11.6 Å². The maximum Gasteiger partial charge on any atom is 0.341 e. The summed E-state index contributed by atoms with van der Waals surface area (Å²) < 4.78 is 15.2. The molecule has 0 saturated carbocycles. The second kappa shape index (κ2) is 7.13. The normalized spacial score (nSPS) is 22.5. The highest BCUT2D eigenvalue weighted by Gasteiger charge is 2.49. The molecule has 1 aromatic carbocycles. The van der Waals surface area contributed by atoms with Crippen molar-refractivity contribution in [3.63, 3.8) is 0 Å². The van der Waals surface area contributed by atoms with Crippen molar-refractivity contribution in [2.75, 3.05) is 32.8 Å². The van der Waals surface area contributed by atoms with E-state index in [-0.39, 0.29) is 34.0 Å². The molecule has 0 N–H and O–H groups in total. The predicted octanol–water partition coefficient (Wildman–Crippen LogP) is 2.08. The number of fused-ring (bicyclic) bond motifs is 1. The molecule has 2 saturated heterocycles. The van der Waals surface area contributed by atoms with Crippen LogP contribution in [0.5, 0.6) is 5.75 Å². The van der Waals surface area contributed by atoms with E-state index in [1.807, 2.05) is 0 Å². The minimum atomic E-state index is -0.630. The van der Waals surface area contributed by atoms with Crippen molar-refractivity contribution >= 4 is 35.2 Å². The first-order valence-electron chi connectivity index (χ1n) is 8.06. The first-order valence-corrected chi connectivity index (χ1v) is 8.43. The summed E-state index contributed by atoms with van der Waals surface area (Å²) in [7, 11) is 4.20. The highest BCUT2D eigenvalue weighted by molar-refractivity contribution is 6.36. The Morgan fingerprint density at radius 1 is 1.23 bits per heavy atom. The van der Waals surface area contributed by atoms with E-state index in [1.165, 1.54) is 31.3 Å². The third-order valence-corrected chi connectivity index (χ3v) is 5.05. The van der Waals surface area contributed by atoms with E-state index in [9.17, 15) is 14.4 Å². The number of benzene rings is 1. The van der Waals surface area contributed by atoms with Crippen molar-refractivity contribution in [3.8, 4) is 5.75 Å². The Kier molecular flexibility index (Phi) is 5.06. The third kappa shape index (κ3) is 2.89. The smallest absolute Gasteiger partial charge is 0.341 e. The van der Waals surface area contributed by atoms with Gasteiger partial charge in [0.25, 0.3) is 5.91 Å². The average Bonchev–Trinajstić information content (AvgIpc) is 2.91. The molecule has 26 heavy (non-hydrogen) atoms. The van der Waals surface area contributed by atoms with Crippen LogP contribution in [0, 0.1) is 0 Å². The molecule has 0 bridgehead atoms. The number of imide groups is 1. The minimum absolute atomic E-state index is 0.0698. The van der Waals surface area contributed by atoms with E-state index >= 15 is 0 Å². The molecule has 8 nitrogen and oxygen atoms in total. The van der Waals surface area contributed by atoms with Gasteiger partial charge in [-0.1, -0.05) is 11.6 Å². The molecule has 2 heterocycles. The number of nitrogens with zero attached hydrogens (tertiary/aromatic N) is 2. The molecule has 9 heteroatoms. The summed E-state index contributed by atoms with van der Waals surface area (Å²) in [5.41, 5.74) is 0.287. The molecule has 0 aliphatic carbocycles. The zero-order valence-electron chi connectivity index (χ0n) is 14.7. The summed E-state index contributed by atoms with van der Waals surface area (Å²) in [4.78, 5) is 40.0. The van der Waals surface area contributed by atoms with Gasteiger partial charge >= 0.3 is 12.0 Å². The van der Waals surface area contributed by atoms with E-state index in [0.717, 1.165) is 4.90 Å². The number of anilines is 1. The number of carbonyl (C=O) groups is 3. The molecule has 3 amide bonds. The molecule has 1 aromatic rings. The summed E-state index contributed by atoms with van der Waals surface area (Å²) in [6.07, 6.45) is 1.03. The lowest BCUT2D eigenvalue weighted by Crippen LogP contribution is -2.44. The van der Waals surface area contributed by atoms with Crippen molar-refractivity contribution in [1.82, 2.24) is 4.90 Å². The van der Waals surface area contributed by atoms with Gasteiger partial charge in [0.05, 0.1) is 31.0 Å². The van der Waals surface area contributed by atoms with Crippen LogP contribution in [-0.2, 0) is 14.3 Å². The van der Waals surface area contributed by atoms with Crippen LogP contribution in [-0.4, -0.2) is 62.8 Å². The number of esters is 1. The minimum Gasteiger partial charge on any atom is -0.496 e. The predicted molar refractivity (Wildman–Crippen MR) is 92.8 cm³/mol. The average molecular weight is 383 g/mol. The Morgan fingerprint density at radius 3 is 2.58 bits per heavy atom. The number of methoxy groups -OCH3 is 3. The monoisotopic (exact) mass is 382 g/mol. The molecular weight excluding hydrogens is 364 g/mol. The highest BCUT2D eigenvalue weighted by Crippen LogP contribution is 2.38. The summed E-state index contributed by atoms with van der Waals surface area (Å²) in [6.45, 7) is 0.430. The highest BCUT2D eigenvalue weighted by atomic mass is 35.5. The van der Waals surface area contributed by atoms with E-state index in [0.29, 0.717) is 19.4 Å². The number of amides is 3. The van der Waals surface area contributed by atoms with E-state index < -0.39 is 18.0 Å². The lowest BCUT2D eigenvalue weighted by Gasteiger charge is -2.31. The van der Waals surface area contributed by atoms with Crippen molar-refractivity contribution in [2.45, 2.75) is 25.0 Å². The second-order valence-electron chi connectivity index (χ2n) is 6.04. The van der Waals surface area contributed by atoms with Gasteiger partial charge in [0.2, 0.25) is 0 Å². The molecular formula is C17H19ClN2O6. The molecule has 140 valence electrons. The van der Waals surface area contributed by atoms with Gasteiger partial charge < -0.3 is 19.1 Å². The standard InChI is InChI=1S/C17H19ClN2O6/c1-24-9-4-5-19-13(6-9)15(21)20(17(19)23)12-8-14(25-2)10(7-11(12)18)16(22)26-3/h7-9,13H,4-6H2,1-3H3/t9-,13-/m1/s1. The molecule has 2 aliphatic rings. The third-order valence-electron chi connectivity index (χ3n) is 4.75. The van der Waals surface area contributed by atoms with Gasteiger partial charge in [0.15, 0.2) is 0 Å². The molecule has 0 spiro atoms. The van der Waals surface area contributed by atoms with Crippen LogP contribution in [0.1, 0.15) is 23.2 Å². The maximum atomic E-state index is 12.9. The zero-order chi connectivity index (χ0) is 19.0. The lowest BCUT2D eigenvalue weighted by atomic mass is 10.0. The summed E-state index contributed by atoms with van der Waals surface area (Å²) in [6, 6.07) is 1.71. The Morgan fingerprint density at radius 2 is 1.96 bits per heavy atom. The fourth-order valence-corrected chi connectivity index (χ4v) is 3.60. The lowest BCUT2D eigenvalue weighted by molar-refractivity contribution is -0.121. The Hall–Kier alpha value is -2.32. The van der Waals surface area contributed by atoms with Gasteiger partial charge in [0.1, 0.15) is 17.4 Å². The van der Waals surface area contributed by atoms with Crippen molar-refractivity contribution < 1.29 is 28.6 Å². The topological polar surface area (TPSA) is 85.4 Å². The van der Waals surface area contributed by atoms with Crippen molar-refractivity contribution in [2.24, 2.45) is 0 Å². The van der Waals surface area contributed by atoms with Crippen LogP contribution in [0.15, 0.2) is 12.1 Å². The fraction of sp³-hybridized carbons (Fsp3) is 0.471. The molecule has 2 aliphatic heterocycles. The number of hydrogen-bond acceptors (Lipinski definition) is 6. The Bertz CT molecular complexity index is 768. The number of ether oxygens (including phenoxy) is 3. The molecule has 3 rings (SSSR count). The number of hydrogen-bond donors (Lipinski definition) is 0. The molecule has 0 aromatic heterocycles. The summed E-state index contributed by atoms with van der Waals surface area (Å²) in [5.74, 6) is -0.835. The number of rotatable bonds is 4. The maximum absolute atomic E-state index is 12.9. The quantitative estimate of drug-likeness (QED) is 0.585. The second-order valence-corrected chi connectivity index (χ2v) is 6.45. The van der Waals surface area contributed by atoms with Gasteiger partial charge in [-0.25, -0.2) is 14.5 Å². The van der Waals surface area contributed by atoms with E-state index in [1.54, 1.807) is 7.11 Å². The van der Waals surface area contributed by atoms with Crippen LogP contribution in [0.2, 0.25) is 5.02 Å². The van der Waals surface area contributed by atoms with Crippen LogP contribution in [0.25, 0.3) is 0 Å². The number of halogens is 1. The number of carbonyl (C=O) groups excluding carboxylic acids is 3.